The SMILES string of the molecule is O=CCN1CCC(COc2cc3ncnc(Nc4c(F)cc(Br)cc4F)c3cc2[N+](=O)[O-])CC1. The fourth-order valence-corrected chi connectivity index (χ4v) is 4.26. The van der Waals surface area contributed by atoms with Gasteiger partial charge in [-0.25, -0.2) is 18.7 Å². The van der Waals surface area contributed by atoms with E-state index in [0.717, 1.165) is 44.4 Å². The molecule has 1 saturated heterocycles. The Kier molecular flexibility index (Phi) is 7.27. The minimum Gasteiger partial charge on any atom is -0.486 e. The van der Waals surface area contributed by atoms with Gasteiger partial charge in [-0.05, 0) is 44.0 Å². The Bertz CT molecular complexity index is 1210. The van der Waals surface area contributed by atoms with Crippen molar-refractivity contribution < 1.29 is 23.2 Å². The second kappa shape index (κ2) is 10.3. The molecular formula is C22H20BrF2N5O4. The van der Waals surface area contributed by atoms with E-state index in [1.165, 1.54) is 18.5 Å². The van der Waals surface area contributed by atoms with E-state index >= 15 is 0 Å². The molecule has 1 aliphatic rings. The Morgan fingerprint density at radius 3 is 2.56 bits per heavy atom. The molecule has 0 spiro atoms. The molecule has 0 aliphatic carbocycles. The number of halogens is 3. The van der Waals surface area contributed by atoms with Crippen molar-refractivity contribution in [2.24, 2.45) is 5.92 Å². The fraction of sp³-hybridized carbons (Fsp3) is 0.318. The van der Waals surface area contributed by atoms with Crippen LogP contribution in [0.15, 0.2) is 35.1 Å². The highest BCUT2D eigenvalue weighted by atomic mass is 79.9. The van der Waals surface area contributed by atoms with Gasteiger partial charge in [-0.15, -0.1) is 0 Å². The normalized spacial score (nSPS) is 14.8. The van der Waals surface area contributed by atoms with Gasteiger partial charge in [-0.1, -0.05) is 15.9 Å². The number of carbonyl (C=O) groups is 1. The Morgan fingerprint density at radius 1 is 1.21 bits per heavy atom. The van der Waals surface area contributed by atoms with Crippen LogP contribution in [0.4, 0.5) is 26.0 Å². The average Bonchev–Trinajstić information content (AvgIpc) is 2.80. The summed E-state index contributed by atoms with van der Waals surface area (Å²) in [5.74, 6) is -1.44. The number of nitrogens with one attached hydrogen (secondary N) is 1. The number of benzene rings is 2. The molecule has 1 fully saturated rings. The van der Waals surface area contributed by atoms with Crippen LogP contribution in [0.3, 0.4) is 0 Å². The number of likely N-dealkylation sites (tertiary alicyclic amines) is 1. The summed E-state index contributed by atoms with van der Waals surface area (Å²) in [5, 5.41) is 14.5. The highest BCUT2D eigenvalue weighted by molar-refractivity contribution is 9.10. The monoisotopic (exact) mass is 535 g/mol. The number of aromatic nitrogens is 2. The van der Waals surface area contributed by atoms with Crippen molar-refractivity contribution in [1.82, 2.24) is 14.9 Å². The van der Waals surface area contributed by atoms with Crippen LogP contribution in [-0.4, -0.2) is 52.3 Å². The summed E-state index contributed by atoms with van der Waals surface area (Å²) in [6.07, 6.45) is 3.70. The highest BCUT2D eigenvalue weighted by Crippen LogP contribution is 2.36. The number of carbonyl (C=O) groups excluding carboxylic acids is 1. The predicted molar refractivity (Wildman–Crippen MR) is 124 cm³/mol. The van der Waals surface area contributed by atoms with Crippen molar-refractivity contribution in [3.05, 3.63) is 56.8 Å². The van der Waals surface area contributed by atoms with Gasteiger partial charge >= 0.3 is 5.69 Å². The van der Waals surface area contributed by atoms with E-state index in [4.69, 9.17) is 4.74 Å². The molecular weight excluding hydrogens is 516 g/mol. The van der Waals surface area contributed by atoms with Gasteiger partial charge in [-0.2, -0.15) is 0 Å². The van der Waals surface area contributed by atoms with Crippen LogP contribution in [0, 0.1) is 27.7 Å². The number of piperidine rings is 1. The first-order chi connectivity index (χ1) is 16.4. The third kappa shape index (κ3) is 5.28. The second-order valence-electron chi connectivity index (χ2n) is 7.91. The minimum absolute atomic E-state index is 0.0160. The van der Waals surface area contributed by atoms with E-state index in [1.807, 2.05) is 4.90 Å². The van der Waals surface area contributed by atoms with E-state index in [-0.39, 0.29) is 39.6 Å². The second-order valence-corrected chi connectivity index (χ2v) is 8.82. The molecule has 2 heterocycles. The third-order valence-corrected chi connectivity index (χ3v) is 6.14. The molecule has 2 aromatic carbocycles. The Balaban J connectivity index is 1.59. The predicted octanol–water partition coefficient (Wildman–Crippen LogP) is 4.61. The first kappa shape index (κ1) is 23.9. The molecule has 0 amide bonds. The van der Waals surface area contributed by atoms with Gasteiger partial charge in [0.05, 0.1) is 29.0 Å². The average molecular weight is 536 g/mol. The van der Waals surface area contributed by atoms with E-state index < -0.39 is 22.2 Å². The van der Waals surface area contributed by atoms with E-state index in [9.17, 15) is 23.7 Å². The molecule has 0 atom stereocenters. The van der Waals surface area contributed by atoms with Crippen LogP contribution in [0.5, 0.6) is 5.75 Å². The zero-order valence-electron chi connectivity index (χ0n) is 17.8. The molecule has 12 heteroatoms. The molecule has 1 aromatic heterocycles. The zero-order chi connectivity index (χ0) is 24.2. The Labute approximate surface area is 201 Å². The molecule has 0 unspecified atom stereocenters. The lowest BCUT2D eigenvalue weighted by Gasteiger charge is -2.30. The smallest absolute Gasteiger partial charge is 0.311 e. The topological polar surface area (TPSA) is 110 Å². The maximum Gasteiger partial charge on any atom is 0.311 e. The molecule has 4 rings (SSSR count). The van der Waals surface area contributed by atoms with Crippen molar-refractivity contribution in [2.45, 2.75) is 12.8 Å². The van der Waals surface area contributed by atoms with Crippen molar-refractivity contribution in [2.75, 3.05) is 31.6 Å². The van der Waals surface area contributed by atoms with Crippen LogP contribution in [0.1, 0.15) is 12.8 Å². The van der Waals surface area contributed by atoms with E-state index in [2.05, 4.69) is 31.2 Å². The summed E-state index contributed by atoms with van der Waals surface area (Å²) in [4.78, 5) is 32.0. The summed E-state index contributed by atoms with van der Waals surface area (Å²) in [6.45, 7) is 2.21. The summed E-state index contributed by atoms with van der Waals surface area (Å²) in [7, 11) is 0. The number of nitrogens with zero attached hydrogens (tertiary/aromatic N) is 4. The number of hydrogen-bond donors (Lipinski definition) is 1. The molecule has 0 radical (unpaired) electrons. The standard InChI is InChI=1S/C22H20BrF2N5O4/c23-14-7-16(24)21(17(25)8-14)28-22-15-9-19(30(32)33)20(10-18(15)26-12-27-22)34-11-13-1-3-29(4-2-13)5-6-31/h6-10,12-13H,1-5,11H2,(H,26,27,28). The third-order valence-electron chi connectivity index (χ3n) is 5.68. The quantitative estimate of drug-likeness (QED) is 0.253. The van der Waals surface area contributed by atoms with Crippen LogP contribution in [0.2, 0.25) is 0 Å². The number of nitro groups is 1. The molecule has 0 bridgehead atoms. The summed E-state index contributed by atoms with van der Waals surface area (Å²) >= 11 is 3.02. The van der Waals surface area contributed by atoms with Gasteiger partial charge in [0.2, 0.25) is 0 Å². The number of fused-ring (bicyclic) bond motifs is 1. The van der Waals surface area contributed by atoms with Crippen LogP contribution < -0.4 is 10.1 Å². The van der Waals surface area contributed by atoms with Gasteiger partial charge in [0.25, 0.3) is 0 Å². The summed E-state index contributed by atoms with van der Waals surface area (Å²) < 4.78 is 34.6. The van der Waals surface area contributed by atoms with Crippen molar-refractivity contribution in [1.29, 1.82) is 0 Å². The summed E-state index contributed by atoms with van der Waals surface area (Å²) in [6, 6.07) is 4.84. The van der Waals surface area contributed by atoms with E-state index in [1.54, 1.807) is 0 Å². The van der Waals surface area contributed by atoms with Crippen molar-refractivity contribution >= 4 is 50.3 Å². The molecule has 1 aliphatic heterocycles. The highest BCUT2D eigenvalue weighted by Gasteiger charge is 2.24. The number of aldehydes is 1. The van der Waals surface area contributed by atoms with Gasteiger partial charge in [0.1, 0.15) is 24.1 Å². The molecule has 34 heavy (non-hydrogen) atoms. The summed E-state index contributed by atoms with van der Waals surface area (Å²) in [5.41, 5.74) is -0.426. The van der Waals surface area contributed by atoms with Crippen LogP contribution >= 0.6 is 15.9 Å². The van der Waals surface area contributed by atoms with Crippen LogP contribution in [0.25, 0.3) is 10.9 Å². The fourth-order valence-electron chi connectivity index (χ4n) is 3.86. The van der Waals surface area contributed by atoms with Crippen LogP contribution in [-0.2, 0) is 4.79 Å². The minimum atomic E-state index is -0.854. The number of ether oxygens (including phenoxy) is 1. The lowest BCUT2D eigenvalue weighted by molar-refractivity contribution is -0.385. The number of anilines is 2. The van der Waals surface area contributed by atoms with E-state index in [0.29, 0.717) is 12.1 Å². The molecule has 3 aromatic rings. The molecule has 1 N–H and O–H groups in total. The van der Waals surface area contributed by atoms with Gasteiger partial charge < -0.3 is 14.8 Å². The van der Waals surface area contributed by atoms with Crippen molar-refractivity contribution in [3.8, 4) is 5.75 Å². The number of rotatable bonds is 8. The molecule has 0 saturated carbocycles. The Hall–Kier alpha value is -3.25. The maximum absolute atomic E-state index is 14.3. The first-order valence-corrected chi connectivity index (χ1v) is 11.3. The molecule has 9 nitrogen and oxygen atoms in total. The maximum atomic E-state index is 14.3. The molecule has 178 valence electrons. The van der Waals surface area contributed by atoms with Gasteiger partial charge in [-0.3, -0.25) is 15.0 Å². The van der Waals surface area contributed by atoms with Gasteiger partial charge in [0.15, 0.2) is 17.4 Å². The first-order valence-electron chi connectivity index (χ1n) is 10.5. The number of hydrogen-bond acceptors (Lipinski definition) is 8. The largest absolute Gasteiger partial charge is 0.486 e. The zero-order valence-corrected chi connectivity index (χ0v) is 19.4. The Morgan fingerprint density at radius 2 is 1.91 bits per heavy atom. The van der Waals surface area contributed by atoms with Crippen molar-refractivity contribution in [3.63, 3.8) is 0 Å². The lowest BCUT2D eigenvalue weighted by Crippen LogP contribution is -2.36. The van der Waals surface area contributed by atoms with Gasteiger partial charge in [0, 0.05) is 16.6 Å². The lowest BCUT2D eigenvalue weighted by atomic mass is 9.98. The number of nitro benzene ring substituents is 1.